The first-order valence-corrected chi connectivity index (χ1v) is 6.61. The van der Waals surface area contributed by atoms with E-state index in [1.807, 2.05) is 12.1 Å². The Labute approximate surface area is 125 Å². The third-order valence-electron chi connectivity index (χ3n) is 2.84. The van der Waals surface area contributed by atoms with E-state index in [4.69, 9.17) is 17.3 Å². The molecule has 0 aliphatic carbocycles. The topological polar surface area (TPSA) is 35.2 Å². The predicted molar refractivity (Wildman–Crippen MR) is 76.3 cm³/mol. The largest absolute Gasteiger partial charge is 0.573 e. The number of hydrogen-bond acceptors (Lipinski definition) is 2. The van der Waals surface area contributed by atoms with Gasteiger partial charge in [0.25, 0.3) is 0 Å². The lowest BCUT2D eigenvalue weighted by molar-refractivity contribution is -0.274. The Morgan fingerprint density at radius 3 is 2.52 bits per heavy atom. The highest BCUT2D eigenvalue weighted by atomic mass is 35.5. The number of hydrogen-bond donors (Lipinski definition) is 1. The van der Waals surface area contributed by atoms with E-state index in [1.54, 1.807) is 12.1 Å². The van der Waals surface area contributed by atoms with E-state index >= 15 is 0 Å². The average molecular weight is 316 g/mol. The lowest BCUT2D eigenvalue weighted by Crippen LogP contribution is -2.17. The fraction of sp³-hybridized carbons (Fsp3) is 0.200. The Balaban J connectivity index is 2.37. The molecule has 0 heterocycles. The highest BCUT2D eigenvalue weighted by Crippen LogP contribution is 2.32. The highest BCUT2D eigenvalue weighted by Gasteiger charge is 2.31. The first-order chi connectivity index (χ1) is 9.89. The summed E-state index contributed by atoms with van der Waals surface area (Å²) in [5.74, 6) is -0.278. The van der Waals surface area contributed by atoms with Crippen molar-refractivity contribution in [3.8, 4) is 16.9 Å². The normalized spacial score (nSPS) is 11.5. The van der Waals surface area contributed by atoms with E-state index in [2.05, 4.69) is 4.74 Å². The van der Waals surface area contributed by atoms with Crippen molar-refractivity contribution in [2.75, 3.05) is 6.54 Å². The maximum Gasteiger partial charge on any atom is 0.573 e. The molecule has 2 N–H and O–H groups in total. The van der Waals surface area contributed by atoms with Gasteiger partial charge in [0, 0.05) is 10.6 Å². The molecule has 6 heteroatoms. The van der Waals surface area contributed by atoms with Crippen molar-refractivity contribution < 1.29 is 17.9 Å². The van der Waals surface area contributed by atoms with Crippen LogP contribution < -0.4 is 10.5 Å². The van der Waals surface area contributed by atoms with Crippen LogP contribution in [0, 0.1) is 0 Å². The number of benzene rings is 2. The molecule has 0 spiro atoms. The minimum absolute atomic E-state index is 0.278. The predicted octanol–water partition coefficient (Wildman–Crippen LogP) is 4.41. The molecule has 0 saturated carbocycles. The molecule has 0 aliphatic rings. The molecule has 2 aromatic carbocycles. The molecule has 112 valence electrons. The number of halogens is 4. The first kappa shape index (κ1) is 15.7. The summed E-state index contributed by atoms with van der Waals surface area (Å²) in [6.07, 6.45) is -4.05. The summed E-state index contributed by atoms with van der Waals surface area (Å²) in [4.78, 5) is 0. The second kappa shape index (κ2) is 6.37. The van der Waals surface area contributed by atoms with E-state index in [0.717, 1.165) is 5.56 Å². The fourth-order valence-corrected chi connectivity index (χ4v) is 2.20. The smallest absolute Gasteiger partial charge is 0.406 e. The van der Waals surface area contributed by atoms with Crippen molar-refractivity contribution in [3.63, 3.8) is 0 Å². The van der Waals surface area contributed by atoms with Crippen LogP contribution in [0.1, 0.15) is 5.56 Å². The summed E-state index contributed by atoms with van der Waals surface area (Å²) in [6, 6.07) is 11.1. The van der Waals surface area contributed by atoms with Crippen molar-refractivity contribution in [1.82, 2.24) is 0 Å². The zero-order chi connectivity index (χ0) is 15.5. The monoisotopic (exact) mass is 315 g/mol. The van der Waals surface area contributed by atoms with Crippen LogP contribution in [0.4, 0.5) is 13.2 Å². The van der Waals surface area contributed by atoms with Gasteiger partial charge in [-0.15, -0.1) is 13.2 Å². The molecule has 0 aromatic heterocycles. The summed E-state index contributed by atoms with van der Waals surface area (Å²) in [5, 5.41) is 0.458. The molecule has 2 nitrogen and oxygen atoms in total. The number of nitrogens with two attached hydrogens (primary N) is 1. The third kappa shape index (κ3) is 4.37. The quantitative estimate of drug-likeness (QED) is 0.907. The average Bonchev–Trinajstić information content (AvgIpc) is 2.39. The van der Waals surface area contributed by atoms with Gasteiger partial charge in [0.2, 0.25) is 0 Å². The molecule has 21 heavy (non-hydrogen) atoms. The van der Waals surface area contributed by atoms with Crippen molar-refractivity contribution >= 4 is 11.6 Å². The van der Waals surface area contributed by atoms with Crippen LogP contribution >= 0.6 is 11.6 Å². The highest BCUT2D eigenvalue weighted by molar-refractivity contribution is 6.33. The molecular formula is C15H13ClF3NO. The Morgan fingerprint density at radius 1 is 1.10 bits per heavy atom. The zero-order valence-electron chi connectivity index (χ0n) is 11.0. The fourth-order valence-electron chi connectivity index (χ4n) is 1.98. The van der Waals surface area contributed by atoms with Gasteiger partial charge >= 0.3 is 6.36 Å². The van der Waals surface area contributed by atoms with Gasteiger partial charge in [-0.05, 0) is 48.4 Å². The molecule has 0 aliphatic heterocycles. The molecule has 0 saturated heterocycles. The number of alkyl halides is 3. The van der Waals surface area contributed by atoms with Crippen LogP contribution in [-0.2, 0) is 6.42 Å². The lowest BCUT2D eigenvalue weighted by Gasteiger charge is -2.11. The van der Waals surface area contributed by atoms with Crippen LogP contribution in [0.3, 0.4) is 0 Å². The zero-order valence-corrected chi connectivity index (χ0v) is 11.7. The first-order valence-electron chi connectivity index (χ1n) is 6.24. The Hall–Kier alpha value is -1.72. The Kier molecular flexibility index (Phi) is 4.75. The minimum Gasteiger partial charge on any atom is -0.406 e. The van der Waals surface area contributed by atoms with Crippen molar-refractivity contribution in [2.24, 2.45) is 5.73 Å². The summed E-state index contributed by atoms with van der Waals surface area (Å²) in [7, 11) is 0. The van der Waals surface area contributed by atoms with Crippen molar-refractivity contribution in [1.29, 1.82) is 0 Å². The van der Waals surface area contributed by atoms with Crippen molar-refractivity contribution in [3.05, 3.63) is 53.1 Å². The molecule has 2 aromatic rings. The van der Waals surface area contributed by atoms with Gasteiger partial charge in [-0.1, -0.05) is 29.8 Å². The van der Waals surface area contributed by atoms with E-state index in [-0.39, 0.29) is 5.75 Å². The van der Waals surface area contributed by atoms with Gasteiger partial charge in [0.05, 0.1) is 0 Å². The molecule has 0 fully saturated rings. The summed E-state index contributed by atoms with van der Waals surface area (Å²) < 4.78 is 40.7. The summed E-state index contributed by atoms with van der Waals surface area (Å²) >= 11 is 6.12. The second-order valence-electron chi connectivity index (χ2n) is 4.43. The molecule has 0 atom stereocenters. The van der Waals surface area contributed by atoms with Crippen molar-refractivity contribution in [2.45, 2.75) is 12.8 Å². The van der Waals surface area contributed by atoms with Gasteiger partial charge in [-0.25, -0.2) is 0 Å². The van der Waals surface area contributed by atoms with Crippen LogP contribution in [-0.4, -0.2) is 12.9 Å². The minimum atomic E-state index is -4.72. The third-order valence-corrected chi connectivity index (χ3v) is 3.17. The number of rotatable bonds is 4. The Morgan fingerprint density at radius 2 is 1.86 bits per heavy atom. The van der Waals surface area contributed by atoms with Crippen LogP contribution in [0.25, 0.3) is 11.1 Å². The van der Waals surface area contributed by atoms with Crippen LogP contribution in [0.15, 0.2) is 42.5 Å². The van der Waals surface area contributed by atoms with Gasteiger partial charge in [-0.2, -0.15) is 0 Å². The second-order valence-corrected chi connectivity index (χ2v) is 4.84. The molecule has 0 radical (unpaired) electrons. The van der Waals surface area contributed by atoms with Crippen LogP contribution in [0.2, 0.25) is 5.02 Å². The molecule has 0 amide bonds. The van der Waals surface area contributed by atoms with E-state index in [1.165, 1.54) is 18.2 Å². The standard InChI is InChI=1S/C15H13ClF3NO/c16-14-5-4-10(6-7-20)8-13(14)11-2-1-3-12(9-11)21-15(17,18)19/h1-5,8-9H,6-7,20H2. The molecule has 0 unspecified atom stereocenters. The van der Waals surface area contributed by atoms with E-state index in [9.17, 15) is 13.2 Å². The van der Waals surface area contributed by atoms with E-state index < -0.39 is 6.36 Å². The lowest BCUT2D eigenvalue weighted by atomic mass is 10.0. The summed E-state index contributed by atoms with van der Waals surface area (Å²) in [6.45, 7) is 0.484. The Bertz CT molecular complexity index is 629. The molecule has 2 rings (SSSR count). The summed E-state index contributed by atoms with van der Waals surface area (Å²) in [5.41, 5.74) is 7.68. The maximum absolute atomic E-state index is 12.3. The maximum atomic E-state index is 12.3. The van der Waals surface area contributed by atoms with Gasteiger partial charge in [0.15, 0.2) is 0 Å². The molecule has 0 bridgehead atoms. The van der Waals surface area contributed by atoms with E-state index in [0.29, 0.717) is 29.1 Å². The SMILES string of the molecule is NCCc1ccc(Cl)c(-c2cccc(OC(F)(F)F)c2)c1. The van der Waals surface area contributed by atoms with Gasteiger partial charge in [0.1, 0.15) is 5.75 Å². The van der Waals surface area contributed by atoms with Gasteiger partial charge in [-0.3, -0.25) is 0 Å². The number of ether oxygens (including phenoxy) is 1. The van der Waals surface area contributed by atoms with Crippen LogP contribution in [0.5, 0.6) is 5.75 Å². The molecular weight excluding hydrogens is 303 g/mol. The van der Waals surface area contributed by atoms with Gasteiger partial charge < -0.3 is 10.5 Å².